The van der Waals surface area contributed by atoms with Crippen LogP contribution in [0.2, 0.25) is 0 Å². The molecule has 0 amide bonds. The quantitative estimate of drug-likeness (QED) is 0.736. The van der Waals surface area contributed by atoms with Crippen molar-refractivity contribution >= 4 is 0 Å². The van der Waals surface area contributed by atoms with E-state index in [9.17, 15) is 0 Å². The fourth-order valence-electron chi connectivity index (χ4n) is 1.92. The van der Waals surface area contributed by atoms with Crippen molar-refractivity contribution < 1.29 is 9.57 Å². The van der Waals surface area contributed by atoms with Gasteiger partial charge in [-0.05, 0) is 44.0 Å². The third-order valence-electron chi connectivity index (χ3n) is 2.97. The SMILES string of the molecule is CCO[n+]1ccccc1-c1cccc(C)c1C. The predicted octanol–water partition coefficient (Wildman–Crippen LogP) is 2.71. The van der Waals surface area contributed by atoms with E-state index in [1.54, 1.807) is 0 Å². The minimum atomic E-state index is 0.659. The molecule has 2 rings (SSSR count). The van der Waals surface area contributed by atoms with Crippen LogP contribution in [0, 0.1) is 13.8 Å². The third-order valence-corrected chi connectivity index (χ3v) is 2.97. The number of benzene rings is 1. The maximum Gasteiger partial charge on any atom is 0.264 e. The van der Waals surface area contributed by atoms with Crippen LogP contribution in [-0.4, -0.2) is 6.61 Å². The van der Waals surface area contributed by atoms with Crippen LogP contribution in [0.5, 0.6) is 0 Å². The molecule has 2 heteroatoms. The zero-order valence-electron chi connectivity index (χ0n) is 10.6. The summed E-state index contributed by atoms with van der Waals surface area (Å²) in [6.07, 6.45) is 1.95. The van der Waals surface area contributed by atoms with E-state index >= 15 is 0 Å². The Kier molecular flexibility index (Phi) is 3.43. The molecule has 0 fully saturated rings. The number of hydrogen-bond acceptors (Lipinski definition) is 1. The number of rotatable bonds is 3. The predicted molar refractivity (Wildman–Crippen MR) is 68.7 cm³/mol. The first kappa shape index (κ1) is 11.6. The summed E-state index contributed by atoms with van der Waals surface area (Å²) in [6, 6.07) is 12.4. The van der Waals surface area contributed by atoms with E-state index in [0.29, 0.717) is 6.61 Å². The Morgan fingerprint density at radius 1 is 1.06 bits per heavy atom. The summed E-state index contributed by atoms with van der Waals surface area (Å²) in [5.41, 5.74) is 4.91. The number of aromatic nitrogens is 1. The van der Waals surface area contributed by atoms with Crippen molar-refractivity contribution in [3.8, 4) is 11.3 Å². The molecule has 0 atom stereocenters. The van der Waals surface area contributed by atoms with E-state index in [1.165, 1.54) is 16.7 Å². The molecule has 0 saturated carbocycles. The minimum Gasteiger partial charge on any atom is -0.271 e. The van der Waals surface area contributed by atoms with Gasteiger partial charge < -0.3 is 0 Å². The van der Waals surface area contributed by atoms with Crippen molar-refractivity contribution in [1.29, 1.82) is 0 Å². The van der Waals surface area contributed by atoms with E-state index in [4.69, 9.17) is 4.84 Å². The van der Waals surface area contributed by atoms with Gasteiger partial charge in [-0.3, -0.25) is 4.84 Å². The van der Waals surface area contributed by atoms with E-state index < -0.39 is 0 Å². The molecule has 0 saturated heterocycles. The molecule has 0 radical (unpaired) electrons. The maximum atomic E-state index is 5.60. The minimum absolute atomic E-state index is 0.659. The molecule has 0 aliphatic carbocycles. The van der Waals surface area contributed by atoms with Gasteiger partial charge in [0.05, 0.1) is 5.56 Å². The lowest BCUT2D eigenvalue weighted by atomic mass is 10.0. The lowest BCUT2D eigenvalue weighted by Gasteiger charge is -2.06. The summed E-state index contributed by atoms with van der Waals surface area (Å²) in [7, 11) is 0. The van der Waals surface area contributed by atoms with Crippen LogP contribution in [0.15, 0.2) is 42.6 Å². The van der Waals surface area contributed by atoms with Crippen LogP contribution in [0.4, 0.5) is 0 Å². The van der Waals surface area contributed by atoms with Crippen molar-refractivity contribution in [2.45, 2.75) is 20.8 Å². The second-order valence-electron chi connectivity index (χ2n) is 4.08. The highest BCUT2D eigenvalue weighted by Crippen LogP contribution is 2.22. The van der Waals surface area contributed by atoms with Crippen LogP contribution >= 0.6 is 0 Å². The van der Waals surface area contributed by atoms with Gasteiger partial charge in [-0.1, -0.05) is 12.1 Å². The highest BCUT2D eigenvalue weighted by Gasteiger charge is 2.16. The Labute approximate surface area is 102 Å². The van der Waals surface area contributed by atoms with E-state index in [0.717, 1.165) is 5.69 Å². The topological polar surface area (TPSA) is 13.1 Å². The maximum absolute atomic E-state index is 5.60. The van der Waals surface area contributed by atoms with Gasteiger partial charge in [-0.15, -0.1) is 0 Å². The Balaban J connectivity index is 2.56. The molecule has 0 N–H and O–H groups in total. The fourth-order valence-corrected chi connectivity index (χ4v) is 1.92. The standard InChI is InChI=1S/C15H18NO/c1-4-17-16-11-6-5-10-15(16)14-9-7-8-12(2)13(14)3/h5-11H,4H2,1-3H3/q+1. The normalized spacial score (nSPS) is 10.3. The molecular formula is C15H18NO+. The smallest absolute Gasteiger partial charge is 0.264 e. The van der Waals surface area contributed by atoms with Crippen LogP contribution in [0.25, 0.3) is 11.3 Å². The largest absolute Gasteiger partial charge is 0.271 e. The summed E-state index contributed by atoms with van der Waals surface area (Å²) in [5, 5.41) is 0. The van der Waals surface area contributed by atoms with Crippen molar-refractivity contribution in [2.75, 3.05) is 6.61 Å². The van der Waals surface area contributed by atoms with Gasteiger partial charge in [0, 0.05) is 16.9 Å². The lowest BCUT2D eigenvalue weighted by molar-refractivity contribution is -0.882. The second kappa shape index (κ2) is 5.00. The molecule has 0 aliphatic rings. The highest BCUT2D eigenvalue weighted by molar-refractivity contribution is 5.62. The monoisotopic (exact) mass is 228 g/mol. The number of nitrogens with zero attached hydrogens (tertiary/aromatic N) is 1. The number of aryl methyl sites for hydroxylation is 1. The molecular weight excluding hydrogens is 210 g/mol. The van der Waals surface area contributed by atoms with Gasteiger partial charge in [0.2, 0.25) is 6.20 Å². The van der Waals surface area contributed by atoms with Gasteiger partial charge in [0.25, 0.3) is 5.69 Å². The van der Waals surface area contributed by atoms with Crippen LogP contribution in [0.1, 0.15) is 18.1 Å². The molecule has 2 nitrogen and oxygen atoms in total. The van der Waals surface area contributed by atoms with Gasteiger partial charge >= 0.3 is 0 Å². The molecule has 1 heterocycles. The van der Waals surface area contributed by atoms with Crippen molar-refractivity contribution in [1.82, 2.24) is 0 Å². The highest BCUT2D eigenvalue weighted by atomic mass is 16.7. The Bertz CT molecular complexity index is 520. The molecule has 88 valence electrons. The van der Waals surface area contributed by atoms with Gasteiger partial charge in [0.1, 0.15) is 0 Å². The summed E-state index contributed by atoms with van der Waals surface area (Å²) in [6.45, 7) is 6.93. The summed E-state index contributed by atoms with van der Waals surface area (Å²) >= 11 is 0. The Morgan fingerprint density at radius 3 is 2.65 bits per heavy atom. The van der Waals surface area contributed by atoms with Crippen molar-refractivity contribution in [3.05, 3.63) is 53.7 Å². The van der Waals surface area contributed by atoms with Gasteiger partial charge in [0.15, 0.2) is 6.61 Å². The van der Waals surface area contributed by atoms with Crippen LogP contribution in [-0.2, 0) is 0 Å². The van der Waals surface area contributed by atoms with E-state index in [1.807, 2.05) is 30.0 Å². The third kappa shape index (κ3) is 2.31. The molecule has 2 aromatic rings. The molecule has 0 aliphatic heterocycles. The van der Waals surface area contributed by atoms with E-state index in [2.05, 4.69) is 38.1 Å². The first-order valence-electron chi connectivity index (χ1n) is 5.94. The molecule has 0 unspecified atom stereocenters. The van der Waals surface area contributed by atoms with Gasteiger partial charge in [-0.25, -0.2) is 0 Å². The lowest BCUT2D eigenvalue weighted by Crippen LogP contribution is -2.44. The number of hydrogen-bond donors (Lipinski definition) is 0. The van der Waals surface area contributed by atoms with Crippen LogP contribution in [0.3, 0.4) is 0 Å². The molecule has 0 spiro atoms. The fraction of sp³-hybridized carbons (Fsp3) is 0.267. The molecule has 1 aromatic heterocycles. The zero-order chi connectivity index (χ0) is 12.3. The average molecular weight is 228 g/mol. The van der Waals surface area contributed by atoms with E-state index in [-0.39, 0.29) is 0 Å². The molecule has 17 heavy (non-hydrogen) atoms. The summed E-state index contributed by atoms with van der Waals surface area (Å²) in [5.74, 6) is 0. The first-order valence-corrected chi connectivity index (χ1v) is 5.94. The Hall–Kier alpha value is -1.83. The second-order valence-corrected chi connectivity index (χ2v) is 4.08. The number of pyridine rings is 1. The molecule has 0 bridgehead atoms. The Morgan fingerprint density at radius 2 is 1.88 bits per heavy atom. The summed E-state index contributed by atoms with van der Waals surface area (Å²) < 4.78 is 1.84. The van der Waals surface area contributed by atoms with Crippen molar-refractivity contribution in [3.63, 3.8) is 0 Å². The molecule has 1 aromatic carbocycles. The van der Waals surface area contributed by atoms with Gasteiger partial charge in [-0.2, -0.15) is 0 Å². The summed E-state index contributed by atoms with van der Waals surface area (Å²) in [4.78, 5) is 5.60. The average Bonchev–Trinajstić information content (AvgIpc) is 2.34. The first-order chi connectivity index (χ1) is 8.24. The van der Waals surface area contributed by atoms with Crippen molar-refractivity contribution in [2.24, 2.45) is 0 Å². The van der Waals surface area contributed by atoms with Crippen LogP contribution < -0.4 is 9.57 Å². The zero-order valence-corrected chi connectivity index (χ0v) is 10.6.